The van der Waals surface area contributed by atoms with Crippen molar-refractivity contribution in [3.05, 3.63) is 24.2 Å². The van der Waals surface area contributed by atoms with Crippen molar-refractivity contribution in [3.8, 4) is 0 Å². The molecule has 2 atom stereocenters. The highest BCUT2D eigenvalue weighted by Crippen LogP contribution is 2.57. The van der Waals surface area contributed by atoms with Gasteiger partial charge in [-0.3, -0.25) is 4.99 Å². The molecule has 1 aromatic heterocycles. The van der Waals surface area contributed by atoms with E-state index in [1.54, 1.807) is 6.26 Å². The standard InChI is InChI=1S/C17H27N3O2/c1-4-21-15-11-14(17(15)8-6-9-17)19-16(18-2)20(3)12-13-7-5-10-22-13/h5,7,10,14-15H,4,6,8-9,11-12H2,1-3H3,(H,18,19). The second-order valence-electron chi connectivity index (χ2n) is 6.45. The molecule has 0 aliphatic heterocycles. The lowest BCUT2D eigenvalue weighted by molar-refractivity contribution is -0.168. The maximum absolute atomic E-state index is 5.92. The van der Waals surface area contributed by atoms with Gasteiger partial charge in [-0.1, -0.05) is 6.42 Å². The lowest BCUT2D eigenvalue weighted by atomic mass is 9.51. The Kier molecular flexibility index (Phi) is 4.43. The molecular formula is C17H27N3O2. The van der Waals surface area contributed by atoms with Crippen LogP contribution in [0.15, 0.2) is 27.8 Å². The topological polar surface area (TPSA) is 50.0 Å². The molecule has 2 unspecified atom stereocenters. The van der Waals surface area contributed by atoms with Crippen molar-refractivity contribution >= 4 is 5.96 Å². The number of nitrogens with one attached hydrogen (secondary N) is 1. The third-order valence-electron chi connectivity index (χ3n) is 5.29. The van der Waals surface area contributed by atoms with Gasteiger partial charge in [-0.15, -0.1) is 0 Å². The number of furan rings is 1. The number of nitrogens with zero attached hydrogens (tertiary/aromatic N) is 2. The van der Waals surface area contributed by atoms with Crippen LogP contribution < -0.4 is 5.32 Å². The van der Waals surface area contributed by atoms with E-state index in [4.69, 9.17) is 9.15 Å². The molecular weight excluding hydrogens is 278 g/mol. The van der Waals surface area contributed by atoms with Crippen molar-refractivity contribution in [2.24, 2.45) is 10.4 Å². The summed E-state index contributed by atoms with van der Waals surface area (Å²) in [5.74, 6) is 1.88. The van der Waals surface area contributed by atoms with Crippen molar-refractivity contribution in [2.75, 3.05) is 20.7 Å². The van der Waals surface area contributed by atoms with Gasteiger partial charge in [0.25, 0.3) is 0 Å². The minimum Gasteiger partial charge on any atom is -0.467 e. The molecule has 2 aliphatic rings. The van der Waals surface area contributed by atoms with E-state index < -0.39 is 0 Å². The summed E-state index contributed by atoms with van der Waals surface area (Å²) in [7, 11) is 3.89. The smallest absolute Gasteiger partial charge is 0.194 e. The number of rotatable bonds is 5. The van der Waals surface area contributed by atoms with Crippen LogP contribution in [0.5, 0.6) is 0 Å². The molecule has 3 rings (SSSR count). The molecule has 0 saturated heterocycles. The molecule has 0 aromatic carbocycles. The largest absolute Gasteiger partial charge is 0.467 e. The minimum atomic E-state index is 0.345. The SMILES string of the molecule is CCOC1CC(NC(=NC)N(C)Cc2ccco2)C12CCC2. The first-order chi connectivity index (χ1) is 10.7. The average Bonchev–Trinajstić information content (AvgIpc) is 2.93. The summed E-state index contributed by atoms with van der Waals surface area (Å²) < 4.78 is 11.3. The molecule has 5 nitrogen and oxygen atoms in total. The van der Waals surface area contributed by atoms with Crippen molar-refractivity contribution in [1.82, 2.24) is 10.2 Å². The maximum atomic E-state index is 5.92. The number of ether oxygens (including phenoxy) is 1. The van der Waals surface area contributed by atoms with Crippen LogP contribution >= 0.6 is 0 Å². The first-order valence-electron chi connectivity index (χ1n) is 8.28. The van der Waals surface area contributed by atoms with Gasteiger partial charge < -0.3 is 19.4 Å². The van der Waals surface area contributed by atoms with E-state index in [9.17, 15) is 0 Å². The molecule has 22 heavy (non-hydrogen) atoms. The summed E-state index contributed by atoms with van der Waals surface area (Å²) in [6, 6.07) is 4.39. The van der Waals surface area contributed by atoms with Gasteiger partial charge in [0.05, 0.1) is 18.9 Å². The van der Waals surface area contributed by atoms with Crippen molar-refractivity contribution in [1.29, 1.82) is 0 Å². The van der Waals surface area contributed by atoms with Crippen molar-refractivity contribution in [2.45, 2.75) is 51.3 Å². The van der Waals surface area contributed by atoms with Gasteiger partial charge in [-0.05, 0) is 38.3 Å². The quantitative estimate of drug-likeness (QED) is 0.671. The zero-order valence-electron chi connectivity index (χ0n) is 13.8. The van der Waals surface area contributed by atoms with Gasteiger partial charge in [0.2, 0.25) is 0 Å². The first-order valence-corrected chi connectivity index (χ1v) is 8.28. The second kappa shape index (κ2) is 6.32. The molecule has 0 bridgehead atoms. The van der Waals surface area contributed by atoms with Crippen LogP contribution in [0.1, 0.15) is 38.4 Å². The zero-order valence-corrected chi connectivity index (χ0v) is 13.8. The summed E-state index contributed by atoms with van der Waals surface area (Å²) >= 11 is 0. The summed E-state index contributed by atoms with van der Waals surface area (Å²) in [6.45, 7) is 3.62. The van der Waals surface area contributed by atoms with Crippen LogP contribution in [0, 0.1) is 5.41 Å². The van der Waals surface area contributed by atoms with E-state index in [0.29, 0.717) is 17.6 Å². The third-order valence-corrected chi connectivity index (χ3v) is 5.29. The van der Waals surface area contributed by atoms with Gasteiger partial charge in [0, 0.05) is 32.2 Å². The molecule has 122 valence electrons. The van der Waals surface area contributed by atoms with Crippen LogP contribution in [0.25, 0.3) is 0 Å². The normalized spacial score (nSPS) is 26.4. The number of hydrogen-bond acceptors (Lipinski definition) is 3. The fourth-order valence-electron chi connectivity index (χ4n) is 3.85. The second-order valence-corrected chi connectivity index (χ2v) is 6.45. The summed E-state index contributed by atoms with van der Waals surface area (Å²) in [4.78, 5) is 6.54. The molecule has 1 heterocycles. The van der Waals surface area contributed by atoms with Crippen molar-refractivity contribution in [3.63, 3.8) is 0 Å². The predicted octanol–water partition coefficient (Wildman–Crippen LogP) is 2.63. The number of guanidine groups is 1. The molecule has 1 N–H and O–H groups in total. The Morgan fingerprint density at radius 1 is 1.55 bits per heavy atom. The highest BCUT2D eigenvalue weighted by atomic mass is 16.5. The van der Waals surface area contributed by atoms with E-state index in [-0.39, 0.29) is 0 Å². The molecule has 2 fully saturated rings. The summed E-state index contributed by atoms with van der Waals surface area (Å²) in [5.41, 5.74) is 0.345. The molecule has 2 aliphatic carbocycles. The Balaban J connectivity index is 1.59. The van der Waals surface area contributed by atoms with E-state index in [1.807, 2.05) is 26.2 Å². The van der Waals surface area contributed by atoms with E-state index in [0.717, 1.165) is 31.3 Å². The van der Waals surface area contributed by atoms with E-state index in [2.05, 4.69) is 22.1 Å². The predicted molar refractivity (Wildman–Crippen MR) is 86.8 cm³/mol. The Morgan fingerprint density at radius 2 is 2.36 bits per heavy atom. The molecule has 1 spiro atoms. The van der Waals surface area contributed by atoms with Gasteiger partial charge in [0.1, 0.15) is 5.76 Å². The van der Waals surface area contributed by atoms with Gasteiger partial charge in [-0.2, -0.15) is 0 Å². The first kappa shape index (κ1) is 15.4. The van der Waals surface area contributed by atoms with E-state index in [1.165, 1.54) is 19.3 Å². The lowest BCUT2D eigenvalue weighted by Gasteiger charge is -2.61. The molecule has 0 amide bonds. The summed E-state index contributed by atoms with van der Waals surface area (Å²) in [6.07, 6.45) is 7.09. The Labute approximate surface area is 132 Å². The van der Waals surface area contributed by atoms with E-state index >= 15 is 0 Å². The van der Waals surface area contributed by atoms with Crippen molar-refractivity contribution < 1.29 is 9.15 Å². The minimum absolute atomic E-state index is 0.345. The van der Waals surface area contributed by atoms with Gasteiger partial charge in [-0.25, -0.2) is 0 Å². The fraction of sp³-hybridized carbons (Fsp3) is 0.706. The monoisotopic (exact) mass is 305 g/mol. The zero-order chi connectivity index (χ0) is 15.6. The van der Waals surface area contributed by atoms with Crippen LogP contribution in [-0.4, -0.2) is 43.7 Å². The van der Waals surface area contributed by atoms with Crippen LogP contribution in [0.3, 0.4) is 0 Å². The highest BCUT2D eigenvalue weighted by molar-refractivity contribution is 5.80. The molecule has 5 heteroatoms. The van der Waals surface area contributed by atoms with Crippen LogP contribution in [0.2, 0.25) is 0 Å². The Hall–Kier alpha value is -1.49. The van der Waals surface area contributed by atoms with Gasteiger partial charge in [0.15, 0.2) is 5.96 Å². The van der Waals surface area contributed by atoms with Crippen LogP contribution in [-0.2, 0) is 11.3 Å². The molecule has 1 aromatic rings. The molecule has 0 radical (unpaired) electrons. The fourth-order valence-corrected chi connectivity index (χ4v) is 3.85. The summed E-state index contributed by atoms with van der Waals surface area (Å²) in [5, 5.41) is 3.65. The highest BCUT2D eigenvalue weighted by Gasteiger charge is 2.59. The third kappa shape index (κ3) is 2.62. The Bertz CT molecular complexity index is 508. The number of aliphatic imine (C=N–C) groups is 1. The average molecular weight is 305 g/mol. The van der Waals surface area contributed by atoms with Gasteiger partial charge >= 0.3 is 0 Å². The lowest BCUT2D eigenvalue weighted by Crippen LogP contribution is -2.68. The molecule has 2 saturated carbocycles. The van der Waals surface area contributed by atoms with Crippen LogP contribution in [0.4, 0.5) is 0 Å². The number of hydrogen-bond donors (Lipinski definition) is 1. The Morgan fingerprint density at radius 3 is 2.91 bits per heavy atom. The maximum Gasteiger partial charge on any atom is 0.194 e.